The number of ether oxygens (including phenoxy) is 1. The summed E-state index contributed by atoms with van der Waals surface area (Å²) in [4.78, 5) is 37.3. The number of aryl methyl sites for hydroxylation is 1. The number of thiophene rings is 1. The summed E-state index contributed by atoms with van der Waals surface area (Å²) in [6.45, 7) is 7.53. The maximum Gasteiger partial charge on any atom is 0.331 e. The van der Waals surface area contributed by atoms with Gasteiger partial charge < -0.3 is 10.1 Å². The van der Waals surface area contributed by atoms with Crippen LogP contribution in [-0.4, -0.2) is 24.3 Å². The van der Waals surface area contributed by atoms with Crippen LogP contribution in [0.3, 0.4) is 0 Å². The molecule has 0 unspecified atom stereocenters. The van der Waals surface area contributed by atoms with Gasteiger partial charge in [0.05, 0.1) is 11.4 Å². The molecular weight excluding hydrogens is 374 g/mol. The molecule has 0 saturated carbocycles. The topological polar surface area (TPSA) is 72.5 Å². The molecule has 6 heteroatoms. The highest BCUT2D eigenvalue weighted by Gasteiger charge is 2.21. The smallest absolute Gasteiger partial charge is 0.331 e. The van der Waals surface area contributed by atoms with Gasteiger partial charge in [-0.1, -0.05) is 45.0 Å². The average molecular weight is 400 g/mol. The highest BCUT2D eigenvalue weighted by molar-refractivity contribution is 7.14. The maximum atomic E-state index is 12.2. The molecule has 0 spiro atoms. The summed E-state index contributed by atoms with van der Waals surface area (Å²) in [5.74, 6) is -0.884. The minimum Gasteiger partial charge on any atom is -0.454 e. The predicted molar refractivity (Wildman–Crippen MR) is 111 cm³/mol. The standard InChI is InChI=1S/C22H25NO4S/c1-15-7-5-6-8-16(15)9-12-20(25)27-14-18(24)19-11-10-17(28-19)13-23-21(26)22(2,3)4/h5-12H,13-14H2,1-4H3,(H,23,26)/b12-9+. The van der Waals surface area contributed by atoms with E-state index < -0.39 is 11.4 Å². The number of esters is 1. The lowest BCUT2D eigenvalue weighted by Gasteiger charge is -2.17. The van der Waals surface area contributed by atoms with Gasteiger partial charge in [0, 0.05) is 16.4 Å². The Morgan fingerprint density at radius 1 is 1.11 bits per heavy atom. The molecule has 1 aromatic carbocycles. The summed E-state index contributed by atoms with van der Waals surface area (Å²) < 4.78 is 5.03. The zero-order valence-electron chi connectivity index (χ0n) is 16.6. The largest absolute Gasteiger partial charge is 0.454 e. The Kier molecular flexibility index (Phi) is 7.29. The Hall–Kier alpha value is -2.73. The van der Waals surface area contributed by atoms with Crippen LogP contribution in [0.4, 0.5) is 0 Å². The van der Waals surface area contributed by atoms with Gasteiger partial charge in [0.15, 0.2) is 6.61 Å². The van der Waals surface area contributed by atoms with Crippen LogP contribution in [0.25, 0.3) is 6.08 Å². The van der Waals surface area contributed by atoms with Crippen molar-refractivity contribution in [1.82, 2.24) is 5.32 Å². The maximum absolute atomic E-state index is 12.2. The van der Waals surface area contributed by atoms with Crippen molar-refractivity contribution in [3.05, 3.63) is 63.4 Å². The molecule has 5 nitrogen and oxygen atoms in total. The number of carbonyl (C=O) groups is 3. The summed E-state index contributed by atoms with van der Waals surface area (Å²) in [6.07, 6.45) is 2.99. The van der Waals surface area contributed by atoms with Crippen molar-refractivity contribution in [1.29, 1.82) is 0 Å². The van der Waals surface area contributed by atoms with Crippen LogP contribution in [-0.2, 0) is 20.9 Å². The van der Waals surface area contributed by atoms with Gasteiger partial charge in [0.2, 0.25) is 11.7 Å². The van der Waals surface area contributed by atoms with E-state index in [4.69, 9.17) is 4.74 Å². The fourth-order valence-corrected chi connectivity index (χ4v) is 3.11. The second kappa shape index (κ2) is 9.46. The number of Topliss-reactive ketones (excluding diaryl/α,β-unsaturated/α-hetero) is 1. The molecule has 0 aliphatic carbocycles. The van der Waals surface area contributed by atoms with Crippen LogP contribution in [0.15, 0.2) is 42.5 Å². The SMILES string of the molecule is Cc1ccccc1/C=C/C(=O)OCC(=O)c1ccc(CNC(=O)C(C)(C)C)s1. The first kappa shape index (κ1) is 21.6. The number of rotatable bonds is 7. The van der Waals surface area contributed by atoms with E-state index >= 15 is 0 Å². The quantitative estimate of drug-likeness (QED) is 0.431. The van der Waals surface area contributed by atoms with Gasteiger partial charge in [-0.25, -0.2) is 4.79 Å². The number of amides is 1. The van der Waals surface area contributed by atoms with Crippen molar-refractivity contribution in [3.8, 4) is 0 Å². The van der Waals surface area contributed by atoms with E-state index in [1.54, 1.807) is 18.2 Å². The molecule has 0 atom stereocenters. The third-order valence-electron chi connectivity index (χ3n) is 3.97. The Labute approximate surface area is 169 Å². The van der Waals surface area contributed by atoms with Gasteiger partial charge in [-0.2, -0.15) is 0 Å². The Bertz CT molecular complexity index is 890. The fourth-order valence-electron chi connectivity index (χ4n) is 2.24. The van der Waals surface area contributed by atoms with Crippen molar-refractivity contribution >= 4 is 35.1 Å². The summed E-state index contributed by atoms with van der Waals surface area (Å²) >= 11 is 1.28. The average Bonchev–Trinajstić information content (AvgIpc) is 3.11. The van der Waals surface area contributed by atoms with Crippen LogP contribution >= 0.6 is 11.3 Å². The predicted octanol–water partition coefficient (Wildman–Crippen LogP) is 4.16. The zero-order valence-corrected chi connectivity index (χ0v) is 17.4. The highest BCUT2D eigenvalue weighted by atomic mass is 32.1. The zero-order chi connectivity index (χ0) is 20.7. The van der Waals surface area contributed by atoms with E-state index in [2.05, 4.69) is 5.32 Å². The van der Waals surface area contributed by atoms with Gasteiger partial charge in [-0.15, -0.1) is 11.3 Å². The molecule has 1 amide bonds. The van der Waals surface area contributed by atoms with Crippen LogP contribution in [0.2, 0.25) is 0 Å². The molecule has 1 heterocycles. The molecule has 1 N–H and O–H groups in total. The van der Waals surface area contributed by atoms with Crippen molar-refractivity contribution in [2.75, 3.05) is 6.61 Å². The van der Waals surface area contributed by atoms with E-state index in [9.17, 15) is 14.4 Å². The Balaban J connectivity index is 1.83. The van der Waals surface area contributed by atoms with Gasteiger partial charge in [-0.05, 0) is 36.3 Å². The number of ketones is 1. The van der Waals surface area contributed by atoms with E-state index in [0.717, 1.165) is 16.0 Å². The monoisotopic (exact) mass is 399 g/mol. The second-order valence-electron chi connectivity index (χ2n) is 7.42. The molecule has 0 fully saturated rings. The summed E-state index contributed by atoms with van der Waals surface area (Å²) in [5, 5.41) is 2.84. The fraction of sp³-hybridized carbons (Fsp3) is 0.318. The molecule has 0 saturated heterocycles. The Morgan fingerprint density at radius 3 is 2.50 bits per heavy atom. The van der Waals surface area contributed by atoms with E-state index in [1.807, 2.05) is 52.0 Å². The van der Waals surface area contributed by atoms with Crippen molar-refractivity contribution in [2.45, 2.75) is 34.2 Å². The van der Waals surface area contributed by atoms with Gasteiger partial charge >= 0.3 is 5.97 Å². The first-order chi connectivity index (χ1) is 13.2. The lowest BCUT2D eigenvalue weighted by molar-refractivity contribution is -0.136. The molecule has 0 bridgehead atoms. The lowest BCUT2D eigenvalue weighted by atomic mass is 9.96. The van der Waals surface area contributed by atoms with Crippen LogP contribution in [0, 0.1) is 12.3 Å². The molecule has 1 aromatic heterocycles. The molecular formula is C22H25NO4S. The normalized spacial score (nSPS) is 11.4. The number of carbonyl (C=O) groups excluding carboxylic acids is 3. The second-order valence-corrected chi connectivity index (χ2v) is 8.59. The number of hydrogen-bond acceptors (Lipinski definition) is 5. The molecule has 0 aliphatic rings. The summed E-state index contributed by atoms with van der Waals surface area (Å²) in [5.41, 5.74) is 1.51. The van der Waals surface area contributed by atoms with Crippen LogP contribution < -0.4 is 5.32 Å². The van der Waals surface area contributed by atoms with Crippen molar-refractivity contribution in [3.63, 3.8) is 0 Å². The first-order valence-electron chi connectivity index (χ1n) is 8.97. The number of nitrogens with one attached hydrogen (secondary N) is 1. The lowest BCUT2D eigenvalue weighted by Crippen LogP contribution is -2.34. The van der Waals surface area contributed by atoms with Crippen molar-refractivity contribution in [2.24, 2.45) is 5.41 Å². The molecule has 2 aromatic rings. The summed E-state index contributed by atoms with van der Waals surface area (Å²) in [7, 11) is 0. The van der Waals surface area contributed by atoms with Gasteiger partial charge in [0.1, 0.15) is 0 Å². The minimum atomic E-state index is -0.564. The van der Waals surface area contributed by atoms with E-state index in [1.165, 1.54) is 17.4 Å². The third kappa shape index (κ3) is 6.46. The molecule has 0 radical (unpaired) electrons. The molecule has 2 rings (SSSR count). The Morgan fingerprint density at radius 2 is 1.82 bits per heavy atom. The highest BCUT2D eigenvalue weighted by Crippen LogP contribution is 2.19. The van der Waals surface area contributed by atoms with E-state index in [-0.39, 0.29) is 18.3 Å². The van der Waals surface area contributed by atoms with Crippen LogP contribution in [0.1, 0.15) is 46.4 Å². The molecule has 148 valence electrons. The van der Waals surface area contributed by atoms with Crippen LogP contribution in [0.5, 0.6) is 0 Å². The van der Waals surface area contributed by atoms with Crippen molar-refractivity contribution < 1.29 is 19.1 Å². The number of benzene rings is 1. The molecule has 28 heavy (non-hydrogen) atoms. The van der Waals surface area contributed by atoms with Gasteiger partial charge in [-0.3, -0.25) is 9.59 Å². The minimum absolute atomic E-state index is 0.0526. The van der Waals surface area contributed by atoms with Gasteiger partial charge in [0.25, 0.3) is 0 Å². The number of hydrogen-bond donors (Lipinski definition) is 1. The van der Waals surface area contributed by atoms with E-state index in [0.29, 0.717) is 11.4 Å². The molecule has 0 aliphatic heterocycles. The third-order valence-corrected chi connectivity index (χ3v) is 5.10. The summed E-state index contributed by atoms with van der Waals surface area (Å²) in [6, 6.07) is 11.1. The first-order valence-corrected chi connectivity index (χ1v) is 9.79.